The number of ether oxygens (including phenoxy) is 1. The molecule has 1 saturated carbocycles. The second-order valence-corrected chi connectivity index (χ2v) is 11.9. The Morgan fingerprint density at radius 1 is 0.976 bits per heavy atom. The lowest BCUT2D eigenvalue weighted by Gasteiger charge is -2.31. The van der Waals surface area contributed by atoms with Crippen LogP contribution in [0, 0.1) is 25.5 Å². The molecule has 9 heteroatoms. The van der Waals surface area contributed by atoms with Crippen molar-refractivity contribution in [1.82, 2.24) is 14.7 Å². The number of fused-ring (bicyclic) bond motifs is 1. The van der Waals surface area contributed by atoms with Crippen LogP contribution in [-0.2, 0) is 10.3 Å². The van der Waals surface area contributed by atoms with Gasteiger partial charge in [-0.3, -0.25) is 0 Å². The van der Waals surface area contributed by atoms with Gasteiger partial charge >= 0.3 is 6.09 Å². The molecule has 0 spiro atoms. The van der Waals surface area contributed by atoms with E-state index in [2.05, 4.69) is 5.16 Å². The number of carbonyl (C=O) groups excluding carboxylic acids is 1. The number of aliphatic hydroxyl groups is 1. The summed E-state index contributed by atoms with van der Waals surface area (Å²) in [6.07, 6.45) is 1.14. The molecule has 0 unspecified atom stereocenters. The largest absolute Gasteiger partial charge is 0.443 e. The summed E-state index contributed by atoms with van der Waals surface area (Å²) in [7, 11) is 0. The molecule has 216 valence electrons. The van der Waals surface area contributed by atoms with Crippen molar-refractivity contribution in [3.63, 3.8) is 0 Å². The lowest BCUT2D eigenvalue weighted by molar-refractivity contribution is 0.0539. The molecule has 0 atom stereocenters. The van der Waals surface area contributed by atoms with E-state index >= 15 is 0 Å². The van der Waals surface area contributed by atoms with Crippen molar-refractivity contribution in [3.05, 3.63) is 106 Å². The van der Waals surface area contributed by atoms with Gasteiger partial charge in [-0.2, -0.15) is 0 Å². The Labute approximate surface area is 241 Å². The van der Waals surface area contributed by atoms with E-state index in [9.17, 15) is 18.7 Å². The molecule has 0 bridgehead atoms. The molecule has 3 aromatic carbocycles. The van der Waals surface area contributed by atoms with Crippen molar-refractivity contribution in [3.8, 4) is 11.1 Å². The summed E-state index contributed by atoms with van der Waals surface area (Å²) in [5.41, 5.74) is 1.08. The van der Waals surface area contributed by atoms with Gasteiger partial charge in [-0.1, -0.05) is 29.4 Å². The highest BCUT2D eigenvalue weighted by atomic mass is 19.1. The monoisotopic (exact) mass is 571 g/mol. The number of halogens is 2. The van der Waals surface area contributed by atoms with Crippen LogP contribution in [0.3, 0.4) is 0 Å². The molecule has 0 amide bonds. The second-order valence-electron chi connectivity index (χ2n) is 11.9. The smallest absolute Gasteiger partial charge is 0.420 e. The SMILES string of the molecule is Cc1noc(C)c1-c1cc(C(O)(c2ccc(F)cc2)c2ccc(F)cc2)c2nc(C3CC3)n(C(=O)OC(C)(C)C)c2c1. The van der Waals surface area contributed by atoms with Crippen LogP contribution in [0.1, 0.15) is 73.5 Å². The van der Waals surface area contributed by atoms with Gasteiger partial charge in [0.1, 0.15) is 34.4 Å². The number of imidazole rings is 1. The van der Waals surface area contributed by atoms with E-state index in [1.54, 1.807) is 33.8 Å². The lowest BCUT2D eigenvalue weighted by atomic mass is 9.78. The molecule has 2 heterocycles. The molecule has 1 N–H and O–H groups in total. The highest BCUT2D eigenvalue weighted by Gasteiger charge is 2.40. The molecule has 1 fully saturated rings. The zero-order valence-electron chi connectivity index (χ0n) is 24.0. The number of hydrogen-bond acceptors (Lipinski definition) is 6. The van der Waals surface area contributed by atoms with Gasteiger partial charge in [-0.25, -0.2) is 23.1 Å². The van der Waals surface area contributed by atoms with E-state index in [4.69, 9.17) is 14.2 Å². The number of hydrogen-bond donors (Lipinski definition) is 1. The van der Waals surface area contributed by atoms with Gasteiger partial charge in [0.15, 0.2) is 0 Å². The zero-order chi connectivity index (χ0) is 30.0. The summed E-state index contributed by atoms with van der Waals surface area (Å²) in [6.45, 7) is 8.98. The van der Waals surface area contributed by atoms with Crippen LogP contribution in [0.5, 0.6) is 0 Å². The average Bonchev–Trinajstić information content (AvgIpc) is 3.62. The van der Waals surface area contributed by atoms with Crippen molar-refractivity contribution < 1.29 is 27.9 Å². The molecular formula is C33H31F2N3O4. The summed E-state index contributed by atoms with van der Waals surface area (Å²) < 4.78 is 40.9. The van der Waals surface area contributed by atoms with Gasteiger partial charge < -0.3 is 14.4 Å². The third-order valence-electron chi connectivity index (χ3n) is 7.54. The van der Waals surface area contributed by atoms with Crippen LogP contribution >= 0.6 is 0 Å². The molecule has 0 aliphatic heterocycles. The average molecular weight is 572 g/mol. The van der Waals surface area contributed by atoms with Crippen molar-refractivity contribution in [1.29, 1.82) is 0 Å². The molecule has 6 rings (SSSR count). The summed E-state index contributed by atoms with van der Waals surface area (Å²) in [5.74, 6) is 0.192. The summed E-state index contributed by atoms with van der Waals surface area (Å²) in [6, 6.07) is 14.6. The Balaban J connectivity index is 1.74. The fourth-order valence-electron chi connectivity index (χ4n) is 5.49. The first kappa shape index (κ1) is 27.8. The predicted octanol–water partition coefficient (Wildman–Crippen LogP) is 7.53. The Hall–Kier alpha value is -4.37. The molecular weight excluding hydrogens is 540 g/mol. The lowest BCUT2D eigenvalue weighted by Crippen LogP contribution is -2.30. The molecule has 0 radical (unpaired) electrons. The Kier molecular flexibility index (Phi) is 6.53. The predicted molar refractivity (Wildman–Crippen MR) is 153 cm³/mol. The van der Waals surface area contributed by atoms with E-state index in [1.165, 1.54) is 53.1 Å². The third kappa shape index (κ3) is 4.77. The molecule has 42 heavy (non-hydrogen) atoms. The van der Waals surface area contributed by atoms with Crippen LogP contribution < -0.4 is 0 Å². The number of aryl methyl sites for hydroxylation is 2. The van der Waals surface area contributed by atoms with E-state index in [0.29, 0.717) is 56.1 Å². The molecule has 2 aromatic heterocycles. The Morgan fingerprint density at radius 3 is 2.02 bits per heavy atom. The number of aromatic nitrogens is 3. The highest BCUT2D eigenvalue weighted by molar-refractivity contribution is 5.94. The number of nitrogens with zero attached hydrogens (tertiary/aromatic N) is 3. The van der Waals surface area contributed by atoms with Crippen LogP contribution in [0.15, 0.2) is 65.2 Å². The maximum Gasteiger partial charge on any atom is 0.420 e. The van der Waals surface area contributed by atoms with Gasteiger partial charge in [0.2, 0.25) is 0 Å². The van der Waals surface area contributed by atoms with Crippen LogP contribution in [0.4, 0.5) is 13.6 Å². The minimum atomic E-state index is -1.91. The normalized spacial score (nSPS) is 14.0. The fraction of sp³-hybridized carbons (Fsp3) is 0.303. The molecule has 7 nitrogen and oxygen atoms in total. The standard InChI is InChI=1S/C33H31F2N3O4/c1-18-28(19(2)42-37-18)21-16-26(33(40,22-8-12-24(34)13-9-22)23-10-14-25(35)15-11-23)29-27(17-21)38(30(36-29)20-6-7-20)31(39)41-32(3,4)5/h8-17,20,40H,6-7H2,1-5H3. The second kappa shape index (κ2) is 9.87. The first-order valence-electron chi connectivity index (χ1n) is 13.8. The molecule has 1 aliphatic rings. The van der Waals surface area contributed by atoms with Crippen LogP contribution in [0.2, 0.25) is 0 Å². The quantitative estimate of drug-likeness (QED) is 0.219. The summed E-state index contributed by atoms with van der Waals surface area (Å²) in [5, 5.41) is 16.9. The molecule has 0 saturated heterocycles. The summed E-state index contributed by atoms with van der Waals surface area (Å²) >= 11 is 0. The number of rotatable bonds is 5. The maximum absolute atomic E-state index is 14.1. The highest BCUT2D eigenvalue weighted by Crippen LogP contribution is 2.46. The number of carbonyl (C=O) groups is 1. The van der Waals surface area contributed by atoms with Crippen LogP contribution in [-0.4, -0.2) is 31.5 Å². The Morgan fingerprint density at radius 2 is 1.55 bits per heavy atom. The minimum Gasteiger partial charge on any atom is -0.443 e. The van der Waals surface area contributed by atoms with Crippen molar-refractivity contribution >= 4 is 17.1 Å². The van der Waals surface area contributed by atoms with Crippen LogP contribution in [0.25, 0.3) is 22.2 Å². The molecule has 5 aromatic rings. The van der Waals surface area contributed by atoms with Crippen molar-refractivity contribution in [2.45, 2.75) is 64.6 Å². The van der Waals surface area contributed by atoms with E-state index in [0.717, 1.165) is 12.8 Å². The van der Waals surface area contributed by atoms with Crippen molar-refractivity contribution in [2.75, 3.05) is 0 Å². The first-order valence-corrected chi connectivity index (χ1v) is 13.8. The third-order valence-corrected chi connectivity index (χ3v) is 7.54. The van der Waals surface area contributed by atoms with Gasteiger partial charge in [0.25, 0.3) is 0 Å². The van der Waals surface area contributed by atoms with E-state index in [-0.39, 0.29) is 5.92 Å². The van der Waals surface area contributed by atoms with Gasteiger partial charge in [0.05, 0.1) is 16.7 Å². The van der Waals surface area contributed by atoms with Gasteiger partial charge in [-0.05, 0) is 101 Å². The summed E-state index contributed by atoms with van der Waals surface area (Å²) in [4.78, 5) is 18.7. The van der Waals surface area contributed by atoms with Gasteiger partial charge in [-0.15, -0.1) is 0 Å². The van der Waals surface area contributed by atoms with E-state index in [1.807, 2.05) is 13.0 Å². The topological polar surface area (TPSA) is 90.4 Å². The Bertz CT molecular complexity index is 1750. The zero-order valence-corrected chi connectivity index (χ0v) is 24.0. The minimum absolute atomic E-state index is 0.0463. The fourth-order valence-corrected chi connectivity index (χ4v) is 5.49. The van der Waals surface area contributed by atoms with E-state index < -0.39 is 28.9 Å². The van der Waals surface area contributed by atoms with Crippen molar-refractivity contribution in [2.24, 2.45) is 0 Å². The first-order chi connectivity index (χ1) is 19.9. The number of benzene rings is 3. The maximum atomic E-state index is 14.1. The van der Waals surface area contributed by atoms with Gasteiger partial charge in [0, 0.05) is 17.0 Å². The molecule has 1 aliphatic carbocycles.